The lowest BCUT2D eigenvalue weighted by Crippen LogP contribution is -2.30. The molecule has 0 aliphatic rings. The van der Waals surface area contributed by atoms with Crippen LogP contribution in [-0.2, 0) is 11.2 Å². The highest BCUT2D eigenvalue weighted by Crippen LogP contribution is 2.07. The van der Waals surface area contributed by atoms with Crippen molar-refractivity contribution in [3.05, 3.63) is 35.4 Å². The lowest BCUT2D eigenvalue weighted by atomic mass is 10.0. The Morgan fingerprint density at radius 2 is 1.42 bits per heavy atom. The Hall–Kier alpha value is -1.48. The minimum absolute atomic E-state index is 0.0226. The van der Waals surface area contributed by atoms with Gasteiger partial charge in [0.15, 0.2) is 5.78 Å². The van der Waals surface area contributed by atoms with Crippen LogP contribution in [0.1, 0.15) is 57.5 Å². The number of benzene rings is 1. The molecule has 0 heterocycles. The zero-order chi connectivity index (χ0) is 15.4. The average molecular weight is 265 g/mol. The lowest BCUT2D eigenvalue weighted by Gasteiger charge is -2.07. The summed E-state index contributed by atoms with van der Waals surface area (Å²) < 4.78 is 0. The zero-order valence-corrected chi connectivity index (χ0v) is 13.0. The van der Waals surface area contributed by atoms with Crippen LogP contribution in [0.2, 0.25) is 0 Å². The summed E-state index contributed by atoms with van der Waals surface area (Å²) in [6.07, 6.45) is 0.521. The lowest BCUT2D eigenvalue weighted by molar-refractivity contribution is -0.118. The summed E-state index contributed by atoms with van der Waals surface area (Å²) in [6, 6.07) is 6.72. The molecule has 1 aromatic carbocycles. The fourth-order valence-corrected chi connectivity index (χ4v) is 1.27. The number of ketones is 2. The van der Waals surface area contributed by atoms with E-state index in [1.807, 2.05) is 39.8 Å². The van der Waals surface area contributed by atoms with E-state index in [9.17, 15) is 9.59 Å². The number of carbonyl (C=O) groups is 2. The topological polar surface area (TPSA) is 60.2 Å². The van der Waals surface area contributed by atoms with E-state index in [0.717, 1.165) is 5.56 Å². The first-order valence-corrected chi connectivity index (χ1v) is 6.86. The van der Waals surface area contributed by atoms with Crippen LogP contribution in [0, 0.1) is 0 Å². The molecule has 0 radical (unpaired) electrons. The molecule has 0 amide bonds. The van der Waals surface area contributed by atoms with Crippen LogP contribution in [0.15, 0.2) is 24.3 Å². The summed E-state index contributed by atoms with van der Waals surface area (Å²) in [5.74, 6) is 0.0167. The minimum Gasteiger partial charge on any atom is -0.321 e. The first kappa shape index (κ1) is 19.9. The molecule has 1 unspecified atom stereocenters. The fourth-order valence-electron chi connectivity index (χ4n) is 1.27. The smallest absolute Gasteiger partial charge is 0.159 e. The predicted molar refractivity (Wildman–Crippen MR) is 81.5 cm³/mol. The van der Waals surface area contributed by atoms with Gasteiger partial charge in [-0.3, -0.25) is 9.59 Å². The van der Waals surface area contributed by atoms with Gasteiger partial charge >= 0.3 is 0 Å². The van der Waals surface area contributed by atoms with Gasteiger partial charge in [-0.2, -0.15) is 0 Å². The average Bonchev–Trinajstić information content (AvgIpc) is 2.43. The Morgan fingerprint density at radius 3 is 1.74 bits per heavy atom. The summed E-state index contributed by atoms with van der Waals surface area (Å²) in [5.41, 5.74) is 7.28. The fraction of sp³-hybridized carbons (Fsp3) is 0.500. The second kappa shape index (κ2) is 11.6. The molecule has 2 N–H and O–H groups in total. The van der Waals surface area contributed by atoms with E-state index in [0.29, 0.717) is 12.0 Å². The van der Waals surface area contributed by atoms with Crippen LogP contribution in [0.4, 0.5) is 0 Å². The second-order valence-corrected chi connectivity index (χ2v) is 3.67. The van der Waals surface area contributed by atoms with Gasteiger partial charge in [0, 0.05) is 5.56 Å². The Bertz CT molecular complexity index is 369. The SMILES string of the molecule is CC.CC.CC(=O)c1ccc(CC(N)C(C)=O)cc1. The maximum atomic E-state index is 11.0. The third-order valence-corrected chi connectivity index (χ3v) is 2.34. The maximum absolute atomic E-state index is 11.0. The number of rotatable bonds is 4. The largest absolute Gasteiger partial charge is 0.321 e. The highest BCUT2D eigenvalue weighted by molar-refractivity contribution is 5.94. The van der Waals surface area contributed by atoms with Crippen molar-refractivity contribution in [1.29, 1.82) is 0 Å². The molecule has 1 atom stereocenters. The maximum Gasteiger partial charge on any atom is 0.159 e. The summed E-state index contributed by atoms with van der Waals surface area (Å²) >= 11 is 0. The van der Waals surface area contributed by atoms with E-state index in [-0.39, 0.29) is 11.6 Å². The number of carbonyl (C=O) groups excluding carboxylic acids is 2. The molecule has 0 saturated carbocycles. The first-order valence-electron chi connectivity index (χ1n) is 6.86. The highest BCUT2D eigenvalue weighted by atomic mass is 16.1. The summed E-state index contributed by atoms with van der Waals surface area (Å²) in [6.45, 7) is 11.0. The quantitative estimate of drug-likeness (QED) is 0.849. The molecule has 1 aromatic rings. The van der Waals surface area contributed by atoms with Crippen LogP contribution >= 0.6 is 0 Å². The van der Waals surface area contributed by atoms with Gasteiger partial charge in [0.1, 0.15) is 5.78 Å². The molecule has 0 bridgehead atoms. The molecule has 0 aliphatic carbocycles. The number of hydrogen-bond donors (Lipinski definition) is 1. The molecular formula is C16H27NO2. The van der Waals surface area contributed by atoms with Crippen molar-refractivity contribution >= 4 is 11.6 Å². The summed E-state index contributed by atoms with van der Waals surface area (Å²) in [7, 11) is 0. The van der Waals surface area contributed by atoms with Crippen molar-refractivity contribution < 1.29 is 9.59 Å². The van der Waals surface area contributed by atoms with Crippen molar-refractivity contribution in [3.8, 4) is 0 Å². The second-order valence-electron chi connectivity index (χ2n) is 3.67. The van der Waals surface area contributed by atoms with E-state index in [2.05, 4.69) is 0 Å². The standard InChI is InChI=1S/C12H15NO2.2C2H6/c1-8(14)11-5-3-10(4-6-11)7-12(13)9(2)15;2*1-2/h3-6,12H,7,13H2,1-2H3;2*1-2H3. The highest BCUT2D eigenvalue weighted by Gasteiger charge is 2.08. The van der Waals surface area contributed by atoms with Crippen LogP contribution in [-0.4, -0.2) is 17.6 Å². The molecule has 0 fully saturated rings. The van der Waals surface area contributed by atoms with Gasteiger partial charge in [-0.1, -0.05) is 52.0 Å². The normalized spacial score (nSPS) is 10.3. The molecule has 0 aromatic heterocycles. The van der Waals surface area contributed by atoms with Crippen LogP contribution in [0.5, 0.6) is 0 Å². The molecule has 3 heteroatoms. The van der Waals surface area contributed by atoms with Gasteiger partial charge in [0.2, 0.25) is 0 Å². The van der Waals surface area contributed by atoms with Gasteiger partial charge in [0.25, 0.3) is 0 Å². The van der Waals surface area contributed by atoms with E-state index >= 15 is 0 Å². The monoisotopic (exact) mass is 265 g/mol. The predicted octanol–water partition coefficient (Wildman–Crippen LogP) is 3.40. The van der Waals surface area contributed by atoms with Gasteiger partial charge in [0.05, 0.1) is 6.04 Å². The molecule has 3 nitrogen and oxygen atoms in total. The Balaban J connectivity index is 0. The Morgan fingerprint density at radius 1 is 1.00 bits per heavy atom. The van der Waals surface area contributed by atoms with E-state index < -0.39 is 6.04 Å². The molecule has 0 spiro atoms. The van der Waals surface area contributed by atoms with Gasteiger partial charge in [-0.15, -0.1) is 0 Å². The van der Waals surface area contributed by atoms with E-state index in [4.69, 9.17) is 5.73 Å². The van der Waals surface area contributed by atoms with Crippen LogP contribution in [0.25, 0.3) is 0 Å². The van der Waals surface area contributed by atoms with Gasteiger partial charge < -0.3 is 5.73 Å². The Labute approximate surface area is 117 Å². The molecule has 0 saturated heterocycles. The van der Waals surface area contributed by atoms with Crippen LogP contribution < -0.4 is 5.73 Å². The van der Waals surface area contributed by atoms with Crippen molar-refractivity contribution in [2.45, 2.75) is 54.0 Å². The van der Waals surface area contributed by atoms with Crippen molar-refractivity contribution in [1.82, 2.24) is 0 Å². The number of Topliss-reactive ketones (excluding diaryl/α,β-unsaturated/α-hetero) is 2. The Kier molecular flexibility index (Phi) is 12.1. The molecule has 1 rings (SSSR count). The zero-order valence-electron chi connectivity index (χ0n) is 13.0. The van der Waals surface area contributed by atoms with E-state index in [1.165, 1.54) is 13.8 Å². The third kappa shape index (κ3) is 8.27. The molecular weight excluding hydrogens is 238 g/mol. The first-order chi connectivity index (χ1) is 9.00. The summed E-state index contributed by atoms with van der Waals surface area (Å²) in [4.78, 5) is 22.0. The third-order valence-electron chi connectivity index (χ3n) is 2.34. The number of hydrogen-bond acceptors (Lipinski definition) is 3. The molecule has 19 heavy (non-hydrogen) atoms. The van der Waals surface area contributed by atoms with Gasteiger partial charge in [-0.25, -0.2) is 0 Å². The van der Waals surface area contributed by atoms with Crippen molar-refractivity contribution in [2.24, 2.45) is 5.73 Å². The van der Waals surface area contributed by atoms with Gasteiger partial charge in [-0.05, 0) is 25.8 Å². The van der Waals surface area contributed by atoms with Crippen LogP contribution in [0.3, 0.4) is 0 Å². The number of nitrogens with two attached hydrogens (primary N) is 1. The summed E-state index contributed by atoms with van der Waals surface area (Å²) in [5, 5.41) is 0. The molecule has 0 aliphatic heterocycles. The molecule has 108 valence electrons. The van der Waals surface area contributed by atoms with Crippen molar-refractivity contribution in [3.63, 3.8) is 0 Å². The van der Waals surface area contributed by atoms with Crippen molar-refractivity contribution in [2.75, 3.05) is 0 Å². The minimum atomic E-state index is -0.451. The van der Waals surface area contributed by atoms with E-state index in [1.54, 1.807) is 12.1 Å².